The Kier molecular flexibility index (Phi) is 4.40. The number of nitrogens with zero attached hydrogens (tertiary/aromatic N) is 1. The Morgan fingerprint density at radius 3 is 2.91 bits per heavy atom. The normalized spacial score (nSPS) is 21.7. The van der Waals surface area contributed by atoms with Crippen LogP contribution < -0.4 is 10.6 Å². The highest BCUT2D eigenvalue weighted by atomic mass is 32.1. The average Bonchev–Trinajstić information content (AvgIpc) is 3.04. The summed E-state index contributed by atoms with van der Waals surface area (Å²) in [5.74, 6) is 0.848. The van der Waals surface area contributed by atoms with E-state index < -0.39 is 0 Å². The standard InChI is InChI=1S/C16H19N3O2S/c1-17-14-9-10(4-5-18-14)16(21)19-15(11-7-12(20)8-11)13-3-2-6-22-13/h2-6,9,11-12,15,20H,7-8H2,1H3,(H,17,18)(H,19,21)/t11?,12?,15-/m0/s1. The van der Waals surface area contributed by atoms with Gasteiger partial charge in [-0.2, -0.15) is 0 Å². The van der Waals surface area contributed by atoms with E-state index in [1.54, 1.807) is 36.7 Å². The number of hydrogen-bond donors (Lipinski definition) is 3. The third kappa shape index (κ3) is 3.13. The second kappa shape index (κ2) is 6.46. The first-order valence-electron chi connectivity index (χ1n) is 7.33. The largest absolute Gasteiger partial charge is 0.393 e. The first kappa shape index (κ1) is 15.0. The third-order valence-electron chi connectivity index (χ3n) is 4.04. The molecule has 2 aromatic heterocycles. The van der Waals surface area contributed by atoms with Crippen LogP contribution in [-0.4, -0.2) is 29.1 Å². The van der Waals surface area contributed by atoms with Crippen molar-refractivity contribution >= 4 is 23.1 Å². The van der Waals surface area contributed by atoms with Crippen molar-refractivity contribution in [2.45, 2.75) is 25.0 Å². The summed E-state index contributed by atoms with van der Waals surface area (Å²) in [6.07, 6.45) is 2.86. The molecule has 22 heavy (non-hydrogen) atoms. The van der Waals surface area contributed by atoms with E-state index >= 15 is 0 Å². The van der Waals surface area contributed by atoms with Crippen LogP contribution in [0.25, 0.3) is 0 Å². The van der Waals surface area contributed by atoms with Crippen molar-refractivity contribution in [2.24, 2.45) is 5.92 Å². The number of amides is 1. The van der Waals surface area contributed by atoms with Gasteiger partial charge < -0.3 is 15.7 Å². The van der Waals surface area contributed by atoms with Crippen LogP contribution in [0, 0.1) is 5.92 Å². The molecule has 5 nitrogen and oxygen atoms in total. The molecule has 3 N–H and O–H groups in total. The highest BCUT2D eigenvalue weighted by Crippen LogP contribution is 2.39. The Hall–Kier alpha value is -1.92. The molecule has 1 aliphatic rings. The molecule has 0 aromatic carbocycles. The maximum Gasteiger partial charge on any atom is 0.251 e. The molecule has 6 heteroatoms. The molecular formula is C16H19N3O2S. The maximum absolute atomic E-state index is 12.5. The Morgan fingerprint density at radius 2 is 2.27 bits per heavy atom. The van der Waals surface area contributed by atoms with E-state index in [9.17, 15) is 9.90 Å². The summed E-state index contributed by atoms with van der Waals surface area (Å²) in [6, 6.07) is 7.42. The zero-order valence-electron chi connectivity index (χ0n) is 12.3. The summed E-state index contributed by atoms with van der Waals surface area (Å²) >= 11 is 1.63. The van der Waals surface area contributed by atoms with Gasteiger partial charge in [-0.05, 0) is 42.3 Å². The number of aliphatic hydroxyl groups is 1. The van der Waals surface area contributed by atoms with Crippen molar-refractivity contribution in [3.63, 3.8) is 0 Å². The van der Waals surface area contributed by atoms with Gasteiger partial charge >= 0.3 is 0 Å². The Bertz CT molecular complexity index is 639. The molecule has 116 valence electrons. The lowest BCUT2D eigenvalue weighted by Gasteiger charge is -2.37. The number of rotatable bonds is 5. The molecule has 2 heterocycles. The molecule has 1 aliphatic carbocycles. The average molecular weight is 317 g/mol. The first-order valence-corrected chi connectivity index (χ1v) is 8.21. The van der Waals surface area contributed by atoms with Gasteiger partial charge in [-0.25, -0.2) is 4.98 Å². The van der Waals surface area contributed by atoms with Crippen LogP contribution in [0.15, 0.2) is 35.8 Å². The number of hydrogen-bond acceptors (Lipinski definition) is 5. The second-order valence-corrected chi connectivity index (χ2v) is 6.51. The Morgan fingerprint density at radius 1 is 1.45 bits per heavy atom. The van der Waals surface area contributed by atoms with Crippen molar-refractivity contribution < 1.29 is 9.90 Å². The molecule has 0 aliphatic heterocycles. The molecule has 1 fully saturated rings. The van der Waals surface area contributed by atoms with Gasteiger partial charge in [0.25, 0.3) is 5.91 Å². The topological polar surface area (TPSA) is 74.2 Å². The van der Waals surface area contributed by atoms with Gasteiger partial charge in [0.15, 0.2) is 0 Å². The fourth-order valence-corrected chi connectivity index (χ4v) is 3.59. The molecular weight excluding hydrogens is 298 g/mol. The molecule has 0 spiro atoms. The Balaban J connectivity index is 1.76. The molecule has 1 saturated carbocycles. The van der Waals surface area contributed by atoms with Crippen LogP contribution in [0.2, 0.25) is 0 Å². The highest BCUT2D eigenvalue weighted by Gasteiger charge is 2.36. The van der Waals surface area contributed by atoms with Gasteiger partial charge in [-0.1, -0.05) is 6.07 Å². The van der Waals surface area contributed by atoms with Crippen LogP contribution in [-0.2, 0) is 0 Å². The molecule has 1 atom stereocenters. The predicted octanol–water partition coefficient (Wildman–Crippen LogP) is 2.43. The fourth-order valence-electron chi connectivity index (χ4n) is 2.72. The van der Waals surface area contributed by atoms with Gasteiger partial charge in [-0.3, -0.25) is 4.79 Å². The lowest BCUT2D eigenvalue weighted by molar-refractivity contribution is 0.0241. The Labute approximate surface area is 133 Å². The van der Waals surface area contributed by atoms with Crippen LogP contribution in [0.4, 0.5) is 5.82 Å². The predicted molar refractivity (Wildman–Crippen MR) is 87.0 cm³/mol. The molecule has 0 radical (unpaired) electrons. The van der Waals surface area contributed by atoms with E-state index in [0.29, 0.717) is 17.3 Å². The van der Waals surface area contributed by atoms with Crippen LogP contribution in [0.5, 0.6) is 0 Å². The maximum atomic E-state index is 12.5. The number of aromatic nitrogens is 1. The SMILES string of the molecule is CNc1cc(C(=O)N[C@H](c2cccs2)C2CC(O)C2)ccn1. The van der Waals surface area contributed by atoms with E-state index in [1.165, 1.54) is 0 Å². The zero-order valence-corrected chi connectivity index (χ0v) is 13.1. The number of carbonyl (C=O) groups excluding carboxylic acids is 1. The van der Waals surface area contributed by atoms with Crippen LogP contribution >= 0.6 is 11.3 Å². The van der Waals surface area contributed by atoms with Gasteiger partial charge in [0, 0.05) is 23.7 Å². The first-order chi connectivity index (χ1) is 10.7. The highest BCUT2D eigenvalue weighted by molar-refractivity contribution is 7.10. The van der Waals surface area contributed by atoms with Crippen molar-refractivity contribution in [1.29, 1.82) is 0 Å². The van der Waals surface area contributed by atoms with Gasteiger partial charge in [0.1, 0.15) is 5.82 Å². The lowest BCUT2D eigenvalue weighted by Crippen LogP contribution is -2.41. The fraction of sp³-hybridized carbons (Fsp3) is 0.375. The van der Waals surface area contributed by atoms with E-state index in [4.69, 9.17) is 0 Å². The van der Waals surface area contributed by atoms with Gasteiger partial charge in [0.2, 0.25) is 0 Å². The van der Waals surface area contributed by atoms with Crippen molar-refractivity contribution in [1.82, 2.24) is 10.3 Å². The minimum atomic E-state index is -0.235. The number of pyridine rings is 1. The molecule has 1 amide bonds. The minimum Gasteiger partial charge on any atom is -0.393 e. The van der Waals surface area contributed by atoms with Crippen molar-refractivity contribution in [2.75, 3.05) is 12.4 Å². The van der Waals surface area contributed by atoms with Crippen LogP contribution in [0.1, 0.15) is 34.1 Å². The quantitative estimate of drug-likeness (QED) is 0.792. The number of nitrogens with one attached hydrogen (secondary N) is 2. The summed E-state index contributed by atoms with van der Waals surface area (Å²) in [4.78, 5) is 17.8. The summed E-state index contributed by atoms with van der Waals surface area (Å²) < 4.78 is 0. The zero-order chi connectivity index (χ0) is 15.5. The van der Waals surface area contributed by atoms with Gasteiger partial charge in [0.05, 0.1) is 12.1 Å². The monoisotopic (exact) mass is 317 g/mol. The number of carbonyl (C=O) groups is 1. The molecule has 0 bridgehead atoms. The number of aliphatic hydroxyl groups excluding tert-OH is 1. The smallest absolute Gasteiger partial charge is 0.251 e. The summed E-state index contributed by atoms with van der Waals surface area (Å²) in [5.41, 5.74) is 0.584. The third-order valence-corrected chi connectivity index (χ3v) is 4.99. The molecule has 0 unspecified atom stereocenters. The minimum absolute atomic E-state index is 0.0397. The van der Waals surface area contributed by atoms with Crippen LogP contribution in [0.3, 0.4) is 0 Å². The van der Waals surface area contributed by atoms with Gasteiger partial charge in [-0.15, -0.1) is 11.3 Å². The second-order valence-electron chi connectivity index (χ2n) is 5.53. The van der Waals surface area contributed by atoms with E-state index in [1.807, 2.05) is 17.5 Å². The van der Waals surface area contributed by atoms with Crippen molar-refractivity contribution in [3.05, 3.63) is 46.3 Å². The summed E-state index contributed by atoms with van der Waals surface area (Å²) in [6.45, 7) is 0. The molecule has 2 aromatic rings. The van der Waals surface area contributed by atoms with E-state index in [2.05, 4.69) is 15.6 Å². The molecule has 0 saturated heterocycles. The number of thiophene rings is 1. The van der Waals surface area contributed by atoms with E-state index in [0.717, 1.165) is 17.7 Å². The lowest BCUT2D eigenvalue weighted by atomic mass is 9.76. The molecule has 3 rings (SSSR count). The van der Waals surface area contributed by atoms with Crippen molar-refractivity contribution in [3.8, 4) is 0 Å². The summed E-state index contributed by atoms with van der Waals surface area (Å²) in [5, 5.41) is 17.6. The van der Waals surface area contributed by atoms with E-state index in [-0.39, 0.29) is 18.1 Å². The summed E-state index contributed by atoms with van der Waals surface area (Å²) in [7, 11) is 1.77. The number of anilines is 1.